The van der Waals surface area contributed by atoms with Gasteiger partial charge in [-0.15, -0.1) is 0 Å². The Labute approximate surface area is 176 Å². The number of amides is 1. The van der Waals surface area contributed by atoms with Crippen molar-refractivity contribution in [2.45, 2.75) is 32.9 Å². The van der Waals surface area contributed by atoms with Crippen LogP contribution in [0.25, 0.3) is 11.0 Å². The van der Waals surface area contributed by atoms with E-state index in [1.165, 1.54) is 5.56 Å². The highest BCUT2D eigenvalue weighted by molar-refractivity contribution is 5.89. The van der Waals surface area contributed by atoms with E-state index in [1.807, 2.05) is 51.2 Å². The number of carbonyl (C=O) groups excluding carboxylic acids is 1. The van der Waals surface area contributed by atoms with E-state index in [9.17, 15) is 4.79 Å². The highest BCUT2D eigenvalue weighted by Gasteiger charge is 2.27. The predicted octanol–water partition coefficient (Wildman–Crippen LogP) is 3.12. The van der Waals surface area contributed by atoms with Crippen LogP contribution in [0.1, 0.15) is 26.3 Å². The molecule has 1 amide bonds. The number of benzene rings is 1. The van der Waals surface area contributed by atoms with Gasteiger partial charge in [0, 0.05) is 38.9 Å². The highest BCUT2D eigenvalue weighted by Crippen LogP contribution is 2.27. The van der Waals surface area contributed by atoms with E-state index in [2.05, 4.69) is 31.6 Å². The second-order valence-electron chi connectivity index (χ2n) is 8.53. The van der Waals surface area contributed by atoms with Crippen LogP contribution in [0.15, 0.2) is 42.6 Å². The summed E-state index contributed by atoms with van der Waals surface area (Å²) in [4.78, 5) is 25.2. The number of piperazine rings is 1. The number of hydrogen-bond acceptors (Lipinski definition) is 6. The van der Waals surface area contributed by atoms with Crippen molar-refractivity contribution < 1.29 is 9.53 Å². The van der Waals surface area contributed by atoms with E-state index >= 15 is 0 Å². The van der Waals surface area contributed by atoms with Crippen molar-refractivity contribution in [2.75, 3.05) is 36.8 Å². The van der Waals surface area contributed by atoms with Crippen molar-refractivity contribution in [3.63, 3.8) is 0 Å². The van der Waals surface area contributed by atoms with E-state index in [0.717, 1.165) is 16.9 Å². The lowest BCUT2D eigenvalue weighted by Gasteiger charge is -2.36. The zero-order valence-electron chi connectivity index (χ0n) is 17.7. The predicted molar refractivity (Wildman–Crippen MR) is 118 cm³/mol. The molecule has 3 heterocycles. The molecule has 0 radical (unpaired) electrons. The second kappa shape index (κ2) is 7.85. The molecule has 2 aromatic heterocycles. The second-order valence-corrected chi connectivity index (χ2v) is 8.53. The van der Waals surface area contributed by atoms with Gasteiger partial charge in [-0.3, -0.25) is 0 Å². The maximum Gasteiger partial charge on any atom is 0.410 e. The lowest BCUT2D eigenvalue weighted by atomic mass is 10.2. The van der Waals surface area contributed by atoms with Gasteiger partial charge in [0.2, 0.25) is 5.95 Å². The average molecular weight is 409 g/mol. The number of nitrogens with two attached hydrogens (primary N) is 1. The molecular weight excluding hydrogens is 380 g/mol. The standard InChI is InChI=1S/C22H28N6O2/c1-22(2,3)30-21(29)27-13-11-26(12-14-27)18-17-9-10-28(19(17)25-20(23)24-18)15-16-7-5-4-6-8-16/h4-10H,11-15H2,1-3H3,(H2,23,24,25). The summed E-state index contributed by atoms with van der Waals surface area (Å²) in [6.45, 7) is 8.82. The Morgan fingerprint density at radius 1 is 1.07 bits per heavy atom. The van der Waals surface area contributed by atoms with Crippen molar-refractivity contribution in [2.24, 2.45) is 0 Å². The number of hydrogen-bond donors (Lipinski definition) is 1. The third-order valence-corrected chi connectivity index (χ3v) is 5.04. The normalized spacial score (nSPS) is 14.9. The average Bonchev–Trinajstić information content (AvgIpc) is 3.09. The maximum atomic E-state index is 12.3. The van der Waals surface area contributed by atoms with Gasteiger partial charge >= 0.3 is 6.09 Å². The summed E-state index contributed by atoms with van der Waals surface area (Å²) in [6.07, 6.45) is 1.75. The summed E-state index contributed by atoms with van der Waals surface area (Å²) in [5.41, 5.74) is 7.56. The Morgan fingerprint density at radius 3 is 2.43 bits per heavy atom. The van der Waals surface area contributed by atoms with E-state index in [1.54, 1.807) is 4.90 Å². The fourth-order valence-corrected chi connectivity index (χ4v) is 3.64. The van der Waals surface area contributed by atoms with Crippen molar-refractivity contribution >= 4 is 28.9 Å². The molecule has 158 valence electrons. The minimum Gasteiger partial charge on any atom is -0.444 e. The van der Waals surface area contributed by atoms with E-state index in [0.29, 0.717) is 32.7 Å². The van der Waals surface area contributed by atoms with Crippen molar-refractivity contribution in [3.05, 3.63) is 48.2 Å². The van der Waals surface area contributed by atoms with Crippen LogP contribution in [-0.4, -0.2) is 57.3 Å². The van der Waals surface area contributed by atoms with Crippen LogP contribution in [0.4, 0.5) is 16.6 Å². The highest BCUT2D eigenvalue weighted by atomic mass is 16.6. The van der Waals surface area contributed by atoms with Gasteiger partial charge in [-0.1, -0.05) is 30.3 Å². The maximum absolute atomic E-state index is 12.3. The molecule has 4 rings (SSSR count). The van der Waals surface area contributed by atoms with E-state index < -0.39 is 5.60 Å². The number of carbonyl (C=O) groups is 1. The summed E-state index contributed by atoms with van der Waals surface area (Å²) in [5.74, 6) is 1.06. The first kappa shape index (κ1) is 20.0. The Hall–Kier alpha value is -3.29. The molecule has 0 bridgehead atoms. The van der Waals surface area contributed by atoms with Gasteiger partial charge < -0.3 is 24.8 Å². The Balaban J connectivity index is 1.53. The van der Waals surface area contributed by atoms with Crippen LogP contribution in [-0.2, 0) is 11.3 Å². The third-order valence-electron chi connectivity index (χ3n) is 5.04. The molecule has 1 aliphatic rings. The molecule has 1 saturated heterocycles. The van der Waals surface area contributed by atoms with Gasteiger partial charge in [-0.2, -0.15) is 9.97 Å². The lowest BCUT2D eigenvalue weighted by molar-refractivity contribution is 0.0240. The monoisotopic (exact) mass is 408 g/mol. The first-order valence-electron chi connectivity index (χ1n) is 10.2. The molecule has 1 aliphatic heterocycles. The van der Waals surface area contributed by atoms with Gasteiger partial charge in [0.15, 0.2) is 0 Å². The molecule has 1 aromatic carbocycles. The van der Waals surface area contributed by atoms with Crippen LogP contribution in [0.3, 0.4) is 0 Å². The van der Waals surface area contributed by atoms with E-state index in [4.69, 9.17) is 10.5 Å². The molecule has 8 heteroatoms. The van der Waals surface area contributed by atoms with Crippen LogP contribution < -0.4 is 10.6 Å². The van der Waals surface area contributed by atoms with Gasteiger partial charge in [-0.25, -0.2) is 4.79 Å². The van der Waals surface area contributed by atoms with Crippen LogP contribution in [0.5, 0.6) is 0 Å². The summed E-state index contributed by atoms with van der Waals surface area (Å²) >= 11 is 0. The fraction of sp³-hybridized carbons (Fsp3) is 0.409. The van der Waals surface area contributed by atoms with Crippen LogP contribution in [0, 0.1) is 0 Å². The molecule has 0 aliphatic carbocycles. The number of anilines is 2. The van der Waals surface area contributed by atoms with Gasteiger partial charge in [0.05, 0.1) is 5.39 Å². The van der Waals surface area contributed by atoms with Crippen molar-refractivity contribution in [3.8, 4) is 0 Å². The van der Waals surface area contributed by atoms with Gasteiger partial charge in [0.1, 0.15) is 17.1 Å². The van der Waals surface area contributed by atoms with E-state index in [-0.39, 0.29) is 12.0 Å². The Bertz CT molecular complexity index is 1030. The molecule has 0 spiro atoms. The number of ether oxygens (including phenoxy) is 1. The molecular formula is C22H28N6O2. The van der Waals surface area contributed by atoms with Crippen LogP contribution >= 0.6 is 0 Å². The van der Waals surface area contributed by atoms with Gasteiger partial charge in [-0.05, 0) is 32.4 Å². The molecule has 1 fully saturated rings. The third kappa shape index (κ3) is 4.32. The number of nitrogens with zero attached hydrogens (tertiary/aromatic N) is 5. The molecule has 8 nitrogen and oxygen atoms in total. The first-order valence-corrected chi connectivity index (χ1v) is 10.2. The Kier molecular flexibility index (Phi) is 5.24. The topological polar surface area (TPSA) is 89.5 Å². The zero-order valence-corrected chi connectivity index (χ0v) is 17.7. The molecule has 2 N–H and O–H groups in total. The quantitative estimate of drug-likeness (QED) is 0.716. The smallest absolute Gasteiger partial charge is 0.410 e. The number of fused-ring (bicyclic) bond motifs is 1. The lowest BCUT2D eigenvalue weighted by Crippen LogP contribution is -2.50. The van der Waals surface area contributed by atoms with Gasteiger partial charge in [0.25, 0.3) is 0 Å². The summed E-state index contributed by atoms with van der Waals surface area (Å²) in [6, 6.07) is 12.3. The largest absolute Gasteiger partial charge is 0.444 e. The molecule has 3 aromatic rings. The number of aromatic nitrogens is 3. The minimum absolute atomic E-state index is 0.250. The summed E-state index contributed by atoms with van der Waals surface area (Å²) in [5, 5.41) is 0.964. The molecule has 0 saturated carbocycles. The zero-order chi connectivity index (χ0) is 21.3. The van der Waals surface area contributed by atoms with Crippen molar-refractivity contribution in [1.29, 1.82) is 0 Å². The first-order chi connectivity index (χ1) is 14.3. The van der Waals surface area contributed by atoms with Crippen molar-refractivity contribution in [1.82, 2.24) is 19.4 Å². The SMILES string of the molecule is CC(C)(C)OC(=O)N1CCN(c2nc(N)nc3c2ccn3Cc2ccccc2)CC1. The number of nitrogen functional groups attached to an aromatic ring is 1. The summed E-state index contributed by atoms with van der Waals surface area (Å²) < 4.78 is 7.57. The molecule has 0 atom stereocenters. The molecule has 30 heavy (non-hydrogen) atoms. The Morgan fingerprint density at radius 2 is 1.77 bits per heavy atom. The minimum atomic E-state index is -0.497. The summed E-state index contributed by atoms with van der Waals surface area (Å²) in [7, 11) is 0. The molecule has 0 unspecified atom stereocenters. The fourth-order valence-electron chi connectivity index (χ4n) is 3.64. The van der Waals surface area contributed by atoms with Crippen LogP contribution in [0.2, 0.25) is 0 Å². The number of rotatable bonds is 3.